The van der Waals surface area contributed by atoms with E-state index in [1.165, 1.54) is 0 Å². The Hall–Kier alpha value is -2.01. The van der Waals surface area contributed by atoms with E-state index in [2.05, 4.69) is 42.8 Å². The van der Waals surface area contributed by atoms with Gasteiger partial charge in [-0.1, -0.05) is 30.3 Å². The van der Waals surface area contributed by atoms with Crippen LogP contribution in [-0.4, -0.2) is 20.9 Å². The zero-order valence-electron chi connectivity index (χ0n) is 10.6. The zero-order chi connectivity index (χ0) is 13.5. The molecule has 1 atom stereocenters. The van der Waals surface area contributed by atoms with Crippen LogP contribution in [-0.2, 0) is 0 Å². The van der Waals surface area contributed by atoms with Crippen LogP contribution in [0.1, 0.15) is 0 Å². The lowest BCUT2D eigenvalue weighted by atomic mass is 10.2. The van der Waals surface area contributed by atoms with Crippen LogP contribution in [0.25, 0.3) is 16.9 Å². The van der Waals surface area contributed by atoms with E-state index >= 15 is 0 Å². The fourth-order valence-corrected chi connectivity index (χ4v) is 2.79. The van der Waals surface area contributed by atoms with E-state index in [4.69, 9.17) is 4.74 Å². The summed E-state index contributed by atoms with van der Waals surface area (Å²) in [4.78, 5) is 4.47. The summed E-state index contributed by atoms with van der Waals surface area (Å²) in [7, 11) is 0. The van der Waals surface area contributed by atoms with Crippen LogP contribution in [0.5, 0.6) is 5.75 Å². The topological polar surface area (TPSA) is 38.6 Å². The molecular weight excluding hydrogens is 318 g/mol. The molecule has 1 aliphatic heterocycles. The molecule has 3 aromatic rings. The van der Waals surface area contributed by atoms with Gasteiger partial charge in [-0.15, -0.1) is 0 Å². The Morgan fingerprint density at radius 2 is 2.15 bits per heavy atom. The Morgan fingerprint density at radius 3 is 3.00 bits per heavy atom. The van der Waals surface area contributed by atoms with Crippen molar-refractivity contribution >= 4 is 27.3 Å². The summed E-state index contributed by atoms with van der Waals surface area (Å²) in [6, 6.07) is 12.2. The van der Waals surface area contributed by atoms with Crippen molar-refractivity contribution in [3.05, 3.63) is 48.8 Å². The number of rotatable bonds is 1. The normalized spacial score (nSPS) is 17.4. The largest absolute Gasteiger partial charge is 0.475 e. The van der Waals surface area contributed by atoms with E-state index < -0.39 is 0 Å². The summed E-state index contributed by atoms with van der Waals surface area (Å²) in [6.45, 7) is 0.744. The van der Waals surface area contributed by atoms with Crippen molar-refractivity contribution in [1.82, 2.24) is 9.38 Å². The molecule has 0 spiro atoms. The van der Waals surface area contributed by atoms with Crippen molar-refractivity contribution in [2.45, 2.75) is 5.01 Å². The second kappa shape index (κ2) is 4.52. The molecule has 2 aromatic heterocycles. The molecule has 20 heavy (non-hydrogen) atoms. The van der Waals surface area contributed by atoms with E-state index in [0.717, 1.165) is 34.9 Å². The molecule has 1 aliphatic rings. The van der Waals surface area contributed by atoms with Gasteiger partial charge in [-0.05, 0) is 15.9 Å². The summed E-state index contributed by atoms with van der Waals surface area (Å²) in [6.07, 6.45) is 3.93. The molecule has 0 radical (unpaired) electrons. The Balaban J connectivity index is 1.89. The molecule has 1 aromatic carbocycles. The van der Waals surface area contributed by atoms with Crippen LogP contribution in [0.4, 0.5) is 5.69 Å². The minimum absolute atomic E-state index is 0.000931. The average molecular weight is 330 g/mol. The first-order valence-corrected chi connectivity index (χ1v) is 7.34. The maximum absolute atomic E-state index is 5.76. The van der Waals surface area contributed by atoms with Gasteiger partial charge in [-0.3, -0.25) is 4.40 Å². The number of benzene rings is 1. The third kappa shape index (κ3) is 1.86. The van der Waals surface area contributed by atoms with Crippen LogP contribution in [0.2, 0.25) is 0 Å². The highest BCUT2D eigenvalue weighted by atomic mass is 79.9. The first kappa shape index (κ1) is 11.8. The van der Waals surface area contributed by atoms with Crippen molar-refractivity contribution in [1.29, 1.82) is 0 Å². The molecule has 4 nitrogen and oxygen atoms in total. The number of aromatic nitrogens is 2. The number of hydrogen-bond acceptors (Lipinski definition) is 3. The molecular formula is C15H12BrN3O. The minimum Gasteiger partial charge on any atom is -0.475 e. The molecule has 100 valence electrons. The predicted octanol–water partition coefficient (Wildman–Crippen LogP) is 3.53. The lowest BCUT2D eigenvalue weighted by molar-refractivity contribution is 0.297. The minimum atomic E-state index is 0.000931. The molecule has 0 fully saturated rings. The van der Waals surface area contributed by atoms with Gasteiger partial charge in [0.1, 0.15) is 11.4 Å². The number of nitrogens with zero attached hydrogens (tertiary/aromatic N) is 2. The molecule has 0 amide bonds. The number of halogens is 1. The molecule has 3 heterocycles. The summed E-state index contributed by atoms with van der Waals surface area (Å²) >= 11 is 3.45. The van der Waals surface area contributed by atoms with Gasteiger partial charge in [0.15, 0.2) is 5.01 Å². The van der Waals surface area contributed by atoms with E-state index in [-0.39, 0.29) is 5.01 Å². The van der Waals surface area contributed by atoms with Crippen LogP contribution in [0.3, 0.4) is 0 Å². The molecule has 0 saturated heterocycles. The zero-order valence-corrected chi connectivity index (χ0v) is 12.2. The Kier molecular flexibility index (Phi) is 2.67. The van der Waals surface area contributed by atoms with E-state index in [1.54, 1.807) is 0 Å². The fraction of sp³-hybridized carbons (Fsp3) is 0.133. The van der Waals surface area contributed by atoms with E-state index in [1.807, 2.05) is 36.7 Å². The number of pyridine rings is 1. The smallest absolute Gasteiger partial charge is 0.170 e. The quantitative estimate of drug-likeness (QED) is 0.694. The highest BCUT2D eigenvalue weighted by molar-refractivity contribution is 9.09. The Labute approximate surface area is 124 Å². The molecule has 0 aliphatic carbocycles. The van der Waals surface area contributed by atoms with Crippen molar-refractivity contribution in [3.8, 4) is 17.0 Å². The number of imidazole rings is 1. The van der Waals surface area contributed by atoms with Gasteiger partial charge in [-0.25, -0.2) is 4.98 Å². The lowest BCUT2D eigenvalue weighted by Crippen LogP contribution is -2.25. The Bertz CT molecular complexity index is 769. The van der Waals surface area contributed by atoms with Crippen molar-refractivity contribution < 1.29 is 4.74 Å². The molecule has 5 heteroatoms. The number of alkyl halides is 1. The summed E-state index contributed by atoms with van der Waals surface area (Å²) in [5.74, 6) is 0.829. The van der Waals surface area contributed by atoms with Gasteiger partial charge < -0.3 is 10.1 Å². The second-order valence-corrected chi connectivity index (χ2v) is 5.72. The van der Waals surface area contributed by atoms with Crippen molar-refractivity contribution in [3.63, 3.8) is 0 Å². The second-order valence-electron chi connectivity index (χ2n) is 4.70. The molecule has 1 unspecified atom stereocenters. The number of ether oxygens (including phenoxy) is 1. The van der Waals surface area contributed by atoms with Gasteiger partial charge in [0.05, 0.1) is 24.1 Å². The van der Waals surface area contributed by atoms with Crippen LogP contribution < -0.4 is 10.1 Å². The average Bonchev–Trinajstić information content (AvgIpc) is 2.88. The van der Waals surface area contributed by atoms with Crippen LogP contribution in [0, 0.1) is 0 Å². The lowest BCUT2D eigenvalue weighted by Gasteiger charge is -2.23. The van der Waals surface area contributed by atoms with Crippen molar-refractivity contribution in [2.24, 2.45) is 0 Å². The maximum atomic E-state index is 5.76. The first-order valence-electron chi connectivity index (χ1n) is 6.42. The SMILES string of the molecule is BrC1CNc2cn3c(-c4ccccc4)cnc3cc2O1. The van der Waals surface area contributed by atoms with Gasteiger partial charge in [0.2, 0.25) is 0 Å². The molecule has 0 saturated carbocycles. The molecule has 1 N–H and O–H groups in total. The summed E-state index contributed by atoms with van der Waals surface area (Å²) in [5, 5.41) is 3.35. The van der Waals surface area contributed by atoms with Crippen molar-refractivity contribution in [2.75, 3.05) is 11.9 Å². The number of fused-ring (bicyclic) bond motifs is 2. The highest BCUT2D eigenvalue weighted by Crippen LogP contribution is 2.33. The van der Waals surface area contributed by atoms with Crippen LogP contribution in [0.15, 0.2) is 48.8 Å². The van der Waals surface area contributed by atoms with Gasteiger partial charge in [0, 0.05) is 17.8 Å². The third-order valence-corrected chi connectivity index (χ3v) is 3.90. The van der Waals surface area contributed by atoms with Crippen LogP contribution >= 0.6 is 15.9 Å². The molecule has 4 rings (SSSR count). The van der Waals surface area contributed by atoms with Gasteiger partial charge in [-0.2, -0.15) is 0 Å². The van der Waals surface area contributed by atoms with Gasteiger partial charge >= 0.3 is 0 Å². The highest BCUT2D eigenvalue weighted by Gasteiger charge is 2.18. The van der Waals surface area contributed by atoms with E-state index in [0.29, 0.717) is 0 Å². The standard InChI is InChI=1S/C15H12BrN3O/c16-14-8-17-11-9-19-12(10-4-2-1-3-5-10)7-18-15(19)6-13(11)20-14/h1-7,9,14,17H,8H2. The fourth-order valence-electron chi connectivity index (χ4n) is 2.43. The first-order chi connectivity index (χ1) is 9.81. The van der Waals surface area contributed by atoms with Gasteiger partial charge in [0.25, 0.3) is 0 Å². The monoisotopic (exact) mass is 329 g/mol. The third-order valence-electron chi connectivity index (χ3n) is 3.39. The maximum Gasteiger partial charge on any atom is 0.170 e. The Morgan fingerprint density at radius 1 is 1.30 bits per heavy atom. The number of nitrogens with one attached hydrogen (secondary N) is 1. The number of hydrogen-bond donors (Lipinski definition) is 1. The van der Waals surface area contributed by atoms with E-state index in [9.17, 15) is 0 Å². The summed E-state index contributed by atoms with van der Waals surface area (Å²) < 4.78 is 7.84. The summed E-state index contributed by atoms with van der Waals surface area (Å²) in [5.41, 5.74) is 4.09. The number of anilines is 1. The predicted molar refractivity (Wildman–Crippen MR) is 82.5 cm³/mol. The molecule has 0 bridgehead atoms.